The van der Waals surface area contributed by atoms with Crippen LogP contribution in [0.3, 0.4) is 0 Å². The molecular weight excluding hydrogens is 517 g/mol. The Balaban J connectivity index is 2.09. The van der Waals surface area contributed by atoms with Crippen LogP contribution >= 0.6 is 0 Å². The average Bonchev–Trinajstić information content (AvgIpc) is 2.88. The van der Waals surface area contributed by atoms with Crippen molar-refractivity contribution in [3.05, 3.63) is 35.9 Å². The maximum absolute atomic E-state index is 12.8. The fourth-order valence-electron chi connectivity index (χ4n) is 4.30. The molecule has 0 aliphatic heterocycles. The summed E-state index contributed by atoms with van der Waals surface area (Å²) in [6, 6.07) is 7.67. The number of esters is 1. The highest BCUT2D eigenvalue weighted by Gasteiger charge is 2.48. The third-order valence-corrected chi connectivity index (χ3v) is 7.62. The molecule has 0 amide bonds. The molecule has 220 valence electrons. The summed E-state index contributed by atoms with van der Waals surface area (Å²) in [5.74, 6) is -0.583. The first-order chi connectivity index (χ1) is 18.2. The smallest absolute Gasteiger partial charge is 0.466 e. The Kier molecular flexibility index (Phi) is 18.4. The predicted molar refractivity (Wildman–Crippen MR) is 145 cm³/mol. The molecule has 5 nitrogen and oxygen atoms in total. The molecule has 0 aliphatic rings. The summed E-state index contributed by atoms with van der Waals surface area (Å²) in [6.45, 7) is 2.49. The number of halogens is 3. The van der Waals surface area contributed by atoms with Crippen molar-refractivity contribution in [3.63, 3.8) is 0 Å². The highest BCUT2D eigenvalue weighted by Crippen LogP contribution is 2.32. The summed E-state index contributed by atoms with van der Waals surface area (Å²) in [5, 5.41) is 0. The van der Waals surface area contributed by atoms with Crippen LogP contribution < -0.4 is 0 Å². The zero-order valence-electron chi connectivity index (χ0n) is 23.0. The number of unbranched alkanes of at least 4 members (excludes halogenated alkanes) is 15. The monoisotopic (exact) mass is 564 g/mol. The van der Waals surface area contributed by atoms with Crippen molar-refractivity contribution < 1.29 is 35.3 Å². The van der Waals surface area contributed by atoms with Gasteiger partial charge in [0.15, 0.2) is 0 Å². The first-order valence-corrected chi connectivity index (χ1v) is 15.8. The van der Waals surface area contributed by atoms with Crippen molar-refractivity contribution in [2.75, 3.05) is 6.61 Å². The zero-order chi connectivity index (χ0) is 28.1. The van der Waals surface area contributed by atoms with Gasteiger partial charge in [-0.25, -0.2) is 0 Å². The molecule has 1 unspecified atom stereocenters. The zero-order valence-corrected chi connectivity index (χ0v) is 23.8. The van der Waals surface area contributed by atoms with Crippen molar-refractivity contribution in [3.8, 4) is 0 Å². The van der Waals surface area contributed by atoms with Crippen LogP contribution in [-0.2, 0) is 23.8 Å². The Morgan fingerprint density at radius 1 is 0.763 bits per heavy atom. The minimum atomic E-state index is -5.79. The number of carbonyl (C=O) groups is 1. The normalized spacial score (nSPS) is 12.9. The summed E-state index contributed by atoms with van der Waals surface area (Å²) < 4.78 is 70.8. The van der Waals surface area contributed by atoms with Gasteiger partial charge in [0.1, 0.15) is 6.10 Å². The molecule has 1 rings (SSSR count). The molecule has 1 aromatic carbocycles. The second kappa shape index (κ2) is 20.3. The van der Waals surface area contributed by atoms with Gasteiger partial charge in [-0.1, -0.05) is 134 Å². The van der Waals surface area contributed by atoms with Gasteiger partial charge in [0.05, 0.1) is 6.61 Å². The topological polar surface area (TPSA) is 69.7 Å². The average molecular weight is 565 g/mol. The van der Waals surface area contributed by atoms with E-state index in [1.54, 1.807) is 18.2 Å². The van der Waals surface area contributed by atoms with E-state index >= 15 is 0 Å². The first kappa shape index (κ1) is 34.4. The minimum absolute atomic E-state index is 0.239. The van der Waals surface area contributed by atoms with Gasteiger partial charge >= 0.3 is 21.6 Å². The molecule has 0 aliphatic carbocycles. The van der Waals surface area contributed by atoms with Crippen LogP contribution in [-0.4, -0.2) is 26.5 Å². The van der Waals surface area contributed by atoms with Gasteiger partial charge in [0.2, 0.25) is 0 Å². The van der Waals surface area contributed by atoms with Crippen molar-refractivity contribution in [1.82, 2.24) is 0 Å². The molecule has 1 atom stereocenters. The molecule has 0 aromatic heterocycles. The Bertz CT molecular complexity index is 828. The molecule has 38 heavy (non-hydrogen) atoms. The fraction of sp³-hybridized carbons (Fsp3) is 0.759. The van der Waals surface area contributed by atoms with E-state index in [2.05, 4.69) is 11.1 Å². The van der Waals surface area contributed by atoms with Gasteiger partial charge < -0.3 is 4.74 Å². The van der Waals surface area contributed by atoms with Crippen molar-refractivity contribution >= 4 is 16.1 Å². The summed E-state index contributed by atoms with van der Waals surface area (Å²) >= 11 is 0. The SMILES string of the molecule is CCCCCCCCCCCCCCCCCCOC(=O)CCC(OS(=O)(=O)C(F)(F)F)c1ccccc1. The molecule has 0 radical (unpaired) electrons. The second-order valence-corrected chi connectivity index (χ2v) is 11.5. The van der Waals surface area contributed by atoms with Crippen molar-refractivity contribution in [1.29, 1.82) is 0 Å². The molecule has 0 spiro atoms. The van der Waals surface area contributed by atoms with Crippen LogP contribution in [0.1, 0.15) is 134 Å². The maximum atomic E-state index is 12.8. The lowest BCUT2D eigenvalue weighted by atomic mass is 10.0. The maximum Gasteiger partial charge on any atom is 0.523 e. The molecule has 0 saturated carbocycles. The van der Waals surface area contributed by atoms with Gasteiger partial charge in [-0.15, -0.1) is 0 Å². The van der Waals surface area contributed by atoms with Crippen molar-refractivity contribution in [2.24, 2.45) is 0 Å². The van der Waals surface area contributed by atoms with E-state index in [-0.39, 0.29) is 25.0 Å². The van der Waals surface area contributed by atoms with E-state index in [0.717, 1.165) is 25.7 Å². The van der Waals surface area contributed by atoms with Crippen LogP contribution in [0.5, 0.6) is 0 Å². The van der Waals surface area contributed by atoms with E-state index in [1.165, 1.54) is 89.2 Å². The van der Waals surface area contributed by atoms with Crippen molar-refractivity contribution in [2.45, 2.75) is 134 Å². The highest BCUT2D eigenvalue weighted by atomic mass is 32.2. The number of carbonyl (C=O) groups excluding carboxylic acids is 1. The Labute approximate surface area is 228 Å². The van der Waals surface area contributed by atoms with Crippen LogP contribution in [0.2, 0.25) is 0 Å². The lowest BCUT2D eigenvalue weighted by Gasteiger charge is -2.18. The number of hydrogen-bond donors (Lipinski definition) is 0. The fourth-order valence-corrected chi connectivity index (χ4v) is 4.93. The van der Waals surface area contributed by atoms with Gasteiger partial charge in [0.25, 0.3) is 0 Å². The Morgan fingerprint density at radius 3 is 1.66 bits per heavy atom. The molecule has 0 bridgehead atoms. The largest absolute Gasteiger partial charge is 0.523 e. The van der Waals surface area contributed by atoms with Crippen LogP contribution in [0.15, 0.2) is 30.3 Å². The summed E-state index contributed by atoms with van der Waals surface area (Å²) in [5.41, 5.74) is -5.29. The molecule has 0 saturated heterocycles. The van der Waals surface area contributed by atoms with E-state index in [0.29, 0.717) is 0 Å². The van der Waals surface area contributed by atoms with Crippen LogP contribution in [0.25, 0.3) is 0 Å². The standard InChI is InChI=1S/C29H47F3O5S/c1-2-3-4-5-6-7-8-9-10-11-12-13-14-15-16-20-25-36-28(33)24-23-27(26-21-18-17-19-22-26)37-38(34,35)29(30,31)32/h17-19,21-22,27H,2-16,20,23-25H2,1H3. The minimum Gasteiger partial charge on any atom is -0.466 e. The molecule has 9 heteroatoms. The number of benzene rings is 1. The summed E-state index contributed by atoms with van der Waals surface area (Å²) in [7, 11) is -5.79. The summed E-state index contributed by atoms with van der Waals surface area (Å²) in [6.07, 6.45) is 18.0. The lowest BCUT2D eigenvalue weighted by Crippen LogP contribution is -2.27. The lowest BCUT2D eigenvalue weighted by molar-refractivity contribution is -0.144. The molecular formula is C29H47F3O5S. The van der Waals surface area contributed by atoms with Gasteiger partial charge in [-0.3, -0.25) is 8.98 Å². The molecule has 0 N–H and O–H groups in total. The van der Waals surface area contributed by atoms with Crippen LogP contribution in [0, 0.1) is 0 Å². The number of hydrogen-bond acceptors (Lipinski definition) is 5. The summed E-state index contributed by atoms with van der Waals surface area (Å²) in [4.78, 5) is 12.1. The molecule has 1 aromatic rings. The molecule has 0 fully saturated rings. The Morgan fingerprint density at radius 2 is 1.21 bits per heavy atom. The van der Waals surface area contributed by atoms with Crippen LogP contribution in [0.4, 0.5) is 13.2 Å². The number of ether oxygens (including phenoxy) is 1. The Hall–Kier alpha value is -1.61. The van der Waals surface area contributed by atoms with Gasteiger partial charge in [0, 0.05) is 6.42 Å². The van der Waals surface area contributed by atoms with Gasteiger partial charge in [-0.2, -0.15) is 21.6 Å². The molecule has 0 heterocycles. The van der Waals surface area contributed by atoms with E-state index in [1.807, 2.05) is 0 Å². The highest BCUT2D eigenvalue weighted by molar-refractivity contribution is 7.87. The van der Waals surface area contributed by atoms with E-state index in [9.17, 15) is 26.4 Å². The van der Waals surface area contributed by atoms with E-state index < -0.39 is 27.7 Å². The first-order valence-electron chi connectivity index (χ1n) is 14.4. The number of alkyl halides is 3. The third-order valence-electron chi connectivity index (χ3n) is 6.57. The second-order valence-electron chi connectivity index (χ2n) is 9.96. The third kappa shape index (κ3) is 16.4. The quantitative estimate of drug-likeness (QED) is 0.0573. The van der Waals surface area contributed by atoms with Gasteiger partial charge in [-0.05, 0) is 18.4 Å². The predicted octanol–water partition coefficient (Wildman–Crippen LogP) is 9.18. The number of rotatable bonds is 23. The van der Waals surface area contributed by atoms with E-state index in [4.69, 9.17) is 4.74 Å².